The monoisotopic (exact) mass is 292 g/mol. The molecular weight excluding hydrogens is 267 g/mol. The fourth-order valence-corrected chi connectivity index (χ4v) is 4.01. The van der Waals surface area contributed by atoms with E-state index in [-0.39, 0.29) is 17.2 Å². The predicted molar refractivity (Wildman–Crippen MR) is 82.8 cm³/mol. The van der Waals surface area contributed by atoms with E-state index in [1.54, 1.807) is 6.07 Å². The molecule has 0 aliphatic carbocycles. The molecule has 1 atom stereocenters. The molecular formula is C17H25FN2O. The van der Waals surface area contributed by atoms with Crippen molar-refractivity contribution in [2.45, 2.75) is 32.3 Å². The van der Waals surface area contributed by atoms with E-state index < -0.39 is 5.60 Å². The van der Waals surface area contributed by atoms with Crippen LogP contribution in [0.2, 0.25) is 0 Å². The average Bonchev–Trinajstić information content (AvgIpc) is 2.44. The summed E-state index contributed by atoms with van der Waals surface area (Å²) in [5.41, 5.74) is 0.423. The standard InChI is InChI=1S/C17H25FN2O/c1-16(2)11-19-15-10-13(18)4-5-14(15)17(16,21)12-6-8-20(3)9-7-12/h4-5,10,12,19,21H,6-9,11H2,1-3H3. The number of anilines is 1. The third-order valence-electron chi connectivity index (χ3n) is 5.45. The maximum atomic E-state index is 13.5. The number of benzene rings is 1. The van der Waals surface area contributed by atoms with Gasteiger partial charge in [-0.3, -0.25) is 0 Å². The van der Waals surface area contributed by atoms with Gasteiger partial charge in [0.2, 0.25) is 0 Å². The average molecular weight is 292 g/mol. The Morgan fingerprint density at radius 1 is 1.29 bits per heavy atom. The van der Waals surface area contributed by atoms with Crippen molar-refractivity contribution >= 4 is 5.69 Å². The maximum absolute atomic E-state index is 13.5. The summed E-state index contributed by atoms with van der Waals surface area (Å²) in [5.74, 6) is -0.0401. The first kappa shape index (κ1) is 14.8. The van der Waals surface area contributed by atoms with Crippen LogP contribution < -0.4 is 5.32 Å². The highest BCUT2D eigenvalue weighted by Crippen LogP contribution is 2.53. The van der Waals surface area contributed by atoms with Crippen molar-refractivity contribution in [3.05, 3.63) is 29.6 Å². The van der Waals surface area contributed by atoms with E-state index in [0.717, 1.165) is 37.2 Å². The normalized spacial score (nSPS) is 29.8. The fraction of sp³-hybridized carbons (Fsp3) is 0.647. The van der Waals surface area contributed by atoms with Crippen LogP contribution in [0.4, 0.5) is 10.1 Å². The molecule has 1 unspecified atom stereocenters. The molecule has 3 nitrogen and oxygen atoms in total. The maximum Gasteiger partial charge on any atom is 0.125 e. The molecule has 1 aromatic rings. The summed E-state index contributed by atoms with van der Waals surface area (Å²) in [6.45, 7) is 6.88. The lowest BCUT2D eigenvalue weighted by molar-refractivity contribution is -0.131. The number of fused-ring (bicyclic) bond motifs is 1. The molecule has 4 heteroatoms. The molecule has 3 rings (SSSR count). The molecule has 2 N–H and O–H groups in total. The second-order valence-corrected chi connectivity index (χ2v) is 7.27. The van der Waals surface area contributed by atoms with E-state index >= 15 is 0 Å². The summed E-state index contributed by atoms with van der Waals surface area (Å²) in [7, 11) is 2.12. The summed E-state index contributed by atoms with van der Waals surface area (Å²) in [6.07, 6.45) is 1.96. The smallest absolute Gasteiger partial charge is 0.125 e. The van der Waals surface area contributed by atoms with E-state index in [1.165, 1.54) is 12.1 Å². The van der Waals surface area contributed by atoms with E-state index in [0.29, 0.717) is 6.54 Å². The predicted octanol–water partition coefficient (Wildman–Crippen LogP) is 2.81. The molecule has 1 aromatic carbocycles. The lowest BCUT2D eigenvalue weighted by Gasteiger charge is -2.53. The Kier molecular flexibility index (Phi) is 3.49. The van der Waals surface area contributed by atoms with Gasteiger partial charge in [0.05, 0.1) is 0 Å². The minimum Gasteiger partial charge on any atom is -0.384 e. The lowest BCUT2D eigenvalue weighted by atomic mass is 9.60. The van der Waals surface area contributed by atoms with Gasteiger partial charge in [-0.2, -0.15) is 0 Å². The minimum absolute atomic E-state index is 0.218. The van der Waals surface area contributed by atoms with Crippen LogP contribution in [0, 0.1) is 17.2 Å². The lowest BCUT2D eigenvalue weighted by Crippen LogP contribution is -2.56. The molecule has 1 fully saturated rings. The van der Waals surface area contributed by atoms with Gasteiger partial charge in [-0.1, -0.05) is 19.9 Å². The van der Waals surface area contributed by atoms with Crippen LogP contribution >= 0.6 is 0 Å². The first-order valence-corrected chi connectivity index (χ1v) is 7.79. The number of aliphatic hydroxyl groups is 1. The van der Waals surface area contributed by atoms with Crippen LogP contribution in [0.25, 0.3) is 0 Å². The Hall–Kier alpha value is -1.13. The van der Waals surface area contributed by atoms with Gasteiger partial charge in [-0.15, -0.1) is 0 Å². The number of rotatable bonds is 1. The van der Waals surface area contributed by atoms with Crippen LogP contribution in [0.15, 0.2) is 18.2 Å². The van der Waals surface area contributed by atoms with Crippen molar-refractivity contribution in [1.82, 2.24) is 4.90 Å². The Morgan fingerprint density at radius 3 is 2.62 bits per heavy atom. The summed E-state index contributed by atoms with van der Waals surface area (Å²) >= 11 is 0. The van der Waals surface area contributed by atoms with Crippen LogP contribution in [-0.4, -0.2) is 36.7 Å². The van der Waals surface area contributed by atoms with Gasteiger partial charge in [0.1, 0.15) is 11.4 Å². The highest BCUT2D eigenvalue weighted by molar-refractivity contribution is 5.58. The van der Waals surface area contributed by atoms with Crippen molar-refractivity contribution in [2.75, 3.05) is 32.0 Å². The van der Waals surface area contributed by atoms with Gasteiger partial charge in [-0.25, -0.2) is 4.39 Å². The first-order chi connectivity index (χ1) is 9.84. The molecule has 0 saturated carbocycles. The SMILES string of the molecule is CN1CCC(C2(O)c3ccc(F)cc3NCC2(C)C)CC1. The van der Waals surface area contributed by atoms with Gasteiger partial charge in [0.15, 0.2) is 0 Å². The largest absolute Gasteiger partial charge is 0.384 e. The summed E-state index contributed by atoms with van der Waals surface area (Å²) in [4.78, 5) is 2.31. The van der Waals surface area contributed by atoms with Crippen molar-refractivity contribution in [1.29, 1.82) is 0 Å². The molecule has 21 heavy (non-hydrogen) atoms. The number of halogens is 1. The molecule has 0 bridgehead atoms. The number of hydrogen-bond acceptors (Lipinski definition) is 3. The van der Waals surface area contributed by atoms with Crippen LogP contribution in [0.5, 0.6) is 0 Å². The quantitative estimate of drug-likeness (QED) is 0.835. The molecule has 2 aliphatic heterocycles. The Balaban J connectivity index is 2.05. The number of piperidine rings is 1. The van der Waals surface area contributed by atoms with Crippen LogP contribution in [-0.2, 0) is 5.60 Å². The minimum atomic E-state index is -0.900. The summed E-state index contributed by atoms with van der Waals surface area (Å²) in [5, 5.41) is 15.0. The molecule has 0 aromatic heterocycles. The molecule has 2 aliphatic rings. The molecule has 0 spiro atoms. The van der Waals surface area contributed by atoms with E-state index in [4.69, 9.17) is 0 Å². The Morgan fingerprint density at radius 2 is 1.95 bits per heavy atom. The summed E-state index contributed by atoms with van der Waals surface area (Å²) < 4.78 is 13.5. The van der Waals surface area contributed by atoms with E-state index in [9.17, 15) is 9.50 Å². The van der Waals surface area contributed by atoms with Gasteiger partial charge in [0.25, 0.3) is 0 Å². The Labute approximate surface area is 126 Å². The highest BCUT2D eigenvalue weighted by atomic mass is 19.1. The second kappa shape index (κ2) is 4.96. The molecule has 0 radical (unpaired) electrons. The number of nitrogens with zero attached hydrogens (tertiary/aromatic N) is 1. The topological polar surface area (TPSA) is 35.5 Å². The van der Waals surface area contributed by atoms with Gasteiger partial charge in [-0.05, 0) is 51.0 Å². The third-order valence-corrected chi connectivity index (χ3v) is 5.45. The molecule has 0 amide bonds. The summed E-state index contributed by atoms with van der Waals surface area (Å²) in [6, 6.07) is 4.73. The zero-order chi connectivity index (χ0) is 15.3. The zero-order valence-corrected chi connectivity index (χ0v) is 13.1. The highest BCUT2D eigenvalue weighted by Gasteiger charge is 2.53. The van der Waals surface area contributed by atoms with Gasteiger partial charge >= 0.3 is 0 Å². The fourth-order valence-electron chi connectivity index (χ4n) is 4.01. The van der Waals surface area contributed by atoms with E-state index in [2.05, 4.69) is 31.1 Å². The van der Waals surface area contributed by atoms with E-state index in [1.807, 2.05) is 0 Å². The number of hydrogen-bond donors (Lipinski definition) is 2. The number of nitrogens with one attached hydrogen (secondary N) is 1. The van der Waals surface area contributed by atoms with Crippen molar-refractivity contribution in [3.63, 3.8) is 0 Å². The van der Waals surface area contributed by atoms with Gasteiger partial charge in [0, 0.05) is 23.2 Å². The van der Waals surface area contributed by atoms with Gasteiger partial charge < -0.3 is 15.3 Å². The second-order valence-electron chi connectivity index (χ2n) is 7.27. The van der Waals surface area contributed by atoms with Crippen molar-refractivity contribution in [2.24, 2.45) is 11.3 Å². The van der Waals surface area contributed by atoms with Crippen LogP contribution in [0.3, 0.4) is 0 Å². The number of likely N-dealkylation sites (tertiary alicyclic amines) is 1. The van der Waals surface area contributed by atoms with Crippen molar-refractivity contribution < 1.29 is 9.50 Å². The first-order valence-electron chi connectivity index (χ1n) is 7.79. The molecule has 2 heterocycles. The van der Waals surface area contributed by atoms with Crippen LogP contribution in [0.1, 0.15) is 32.3 Å². The van der Waals surface area contributed by atoms with Crippen molar-refractivity contribution in [3.8, 4) is 0 Å². The zero-order valence-electron chi connectivity index (χ0n) is 13.1. The molecule has 1 saturated heterocycles. The Bertz CT molecular complexity index is 538. The molecule has 116 valence electrons. The third kappa shape index (κ3) is 2.25.